The SMILES string of the molecule is COc1cccc(C(C)NC(=O)CC2CN(C(C)=O)CCN2c2cc(Cl)nc(-n3ccnc3)n2)c1. The van der Waals surface area contributed by atoms with Crippen LogP contribution >= 0.6 is 11.6 Å². The van der Waals surface area contributed by atoms with Crippen LogP contribution in [0.4, 0.5) is 5.82 Å². The third kappa shape index (κ3) is 5.89. The molecule has 3 heterocycles. The zero-order valence-corrected chi connectivity index (χ0v) is 20.6. The standard InChI is InChI=1S/C24H28ClN7O3/c1-16(18-5-4-6-20(11-18)35-3)27-23(34)12-19-14-30(17(2)33)9-10-32(19)22-13-21(25)28-24(29-22)31-8-7-26-15-31/h4-8,11,13,15-16,19H,9-10,12,14H2,1-3H3,(H,27,34). The fraction of sp³-hybridized carbons (Fsp3) is 0.375. The van der Waals surface area contributed by atoms with Gasteiger partial charge in [-0.25, -0.2) is 9.97 Å². The van der Waals surface area contributed by atoms with E-state index >= 15 is 0 Å². The van der Waals surface area contributed by atoms with Crippen molar-refractivity contribution < 1.29 is 14.3 Å². The second-order valence-electron chi connectivity index (χ2n) is 8.40. The number of nitrogens with one attached hydrogen (secondary N) is 1. The Labute approximate surface area is 208 Å². The molecule has 0 saturated carbocycles. The van der Waals surface area contributed by atoms with Crippen molar-refractivity contribution in [3.05, 3.63) is 59.8 Å². The molecule has 1 saturated heterocycles. The van der Waals surface area contributed by atoms with Gasteiger partial charge in [0.25, 0.3) is 0 Å². The first kappa shape index (κ1) is 24.5. The maximum atomic E-state index is 13.1. The fourth-order valence-corrected chi connectivity index (χ4v) is 4.33. The first-order chi connectivity index (χ1) is 16.8. The molecule has 3 aromatic rings. The van der Waals surface area contributed by atoms with Crippen molar-refractivity contribution in [3.63, 3.8) is 0 Å². The Morgan fingerprint density at radius 2 is 2.09 bits per heavy atom. The molecular formula is C24H28ClN7O3. The number of hydrogen-bond donors (Lipinski definition) is 1. The van der Waals surface area contributed by atoms with Gasteiger partial charge in [-0.3, -0.25) is 14.2 Å². The summed E-state index contributed by atoms with van der Waals surface area (Å²) >= 11 is 6.31. The Bertz CT molecular complexity index is 1190. The minimum absolute atomic E-state index is 0.0281. The number of rotatable bonds is 7. The summed E-state index contributed by atoms with van der Waals surface area (Å²) in [5.74, 6) is 1.55. The number of benzene rings is 1. The number of methoxy groups -OCH3 is 1. The molecule has 2 amide bonds. The minimum Gasteiger partial charge on any atom is -0.497 e. The van der Waals surface area contributed by atoms with Gasteiger partial charge in [-0.05, 0) is 24.6 Å². The molecule has 4 rings (SSSR count). The van der Waals surface area contributed by atoms with Gasteiger partial charge in [0.2, 0.25) is 17.8 Å². The summed E-state index contributed by atoms with van der Waals surface area (Å²) in [6.45, 7) is 4.90. The number of carbonyl (C=O) groups excluding carboxylic acids is 2. The monoisotopic (exact) mass is 497 g/mol. The molecule has 10 nitrogen and oxygen atoms in total. The smallest absolute Gasteiger partial charge is 0.238 e. The number of aromatic nitrogens is 4. The Kier molecular flexibility index (Phi) is 7.50. The van der Waals surface area contributed by atoms with E-state index in [1.165, 1.54) is 6.92 Å². The van der Waals surface area contributed by atoms with Gasteiger partial charge in [-0.15, -0.1) is 0 Å². The number of halogens is 1. The quantitative estimate of drug-likeness (QED) is 0.500. The molecule has 11 heteroatoms. The lowest BCUT2D eigenvalue weighted by Crippen LogP contribution is -2.56. The first-order valence-corrected chi connectivity index (χ1v) is 11.7. The van der Waals surface area contributed by atoms with Crippen LogP contribution in [0.15, 0.2) is 49.1 Å². The zero-order valence-electron chi connectivity index (χ0n) is 19.9. The lowest BCUT2D eigenvalue weighted by atomic mass is 10.1. The second-order valence-corrected chi connectivity index (χ2v) is 8.79. The van der Waals surface area contributed by atoms with E-state index in [4.69, 9.17) is 16.3 Å². The summed E-state index contributed by atoms with van der Waals surface area (Å²) in [5, 5.41) is 3.34. The van der Waals surface area contributed by atoms with E-state index in [1.807, 2.05) is 36.1 Å². The van der Waals surface area contributed by atoms with E-state index in [2.05, 4.69) is 20.3 Å². The highest BCUT2D eigenvalue weighted by Crippen LogP contribution is 2.25. The molecule has 2 atom stereocenters. The van der Waals surface area contributed by atoms with Gasteiger partial charge < -0.3 is 19.9 Å². The van der Waals surface area contributed by atoms with Gasteiger partial charge in [0.05, 0.1) is 19.2 Å². The predicted molar refractivity (Wildman–Crippen MR) is 132 cm³/mol. The normalized spacial score (nSPS) is 16.6. The molecule has 184 valence electrons. The van der Waals surface area contributed by atoms with E-state index in [0.717, 1.165) is 11.3 Å². The van der Waals surface area contributed by atoms with Gasteiger partial charge >= 0.3 is 0 Å². The molecular weight excluding hydrogens is 470 g/mol. The Morgan fingerprint density at radius 3 is 2.80 bits per heavy atom. The number of imidazole rings is 1. The maximum absolute atomic E-state index is 13.1. The Hall–Kier alpha value is -3.66. The first-order valence-electron chi connectivity index (χ1n) is 11.3. The van der Waals surface area contributed by atoms with E-state index < -0.39 is 0 Å². The number of nitrogens with zero attached hydrogens (tertiary/aromatic N) is 6. The van der Waals surface area contributed by atoms with E-state index in [1.54, 1.807) is 41.4 Å². The number of ether oxygens (including phenoxy) is 1. The maximum Gasteiger partial charge on any atom is 0.238 e. The van der Waals surface area contributed by atoms with Gasteiger partial charge in [0.15, 0.2) is 0 Å². The molecule has 2 unspecified atom stereocenters. The number of piperazine rings is 1. The molecule has 0 aliphatic carbocycles. The minimum atomic E-state index is -0.285. The van der Waals surface area contributed by atoms with Crippen LogP contribution in [0.5, 0.6) is 5.75 Å². The molecule has 1 aromatic carbocycles. The van der Waals surface area contributed by atoms with Gasteiger partial charge in [-0.2, -0.15) is 4.98 Å². The molecule has 1 fully saturated rings. The average Bonchev–Trinajstić information content (AvgIpc) is 3.38. The van der Waals surface area contributed by atoms with E-state index in [9.17, 15) is 9.59 Å². The number of hydrogen-bond acceptors (Lipinski definition) is 7. The molecule has 1 N–H and O–H groups in total. The molecule has 35 heavy (non-hydrogen) atoms. The van der Waals surface area contributed by atoms with Crippen LogP contribution < -0.4 is 15.0 Å². The summed E-state index contributed by atoms with van der Waals surface area (Å²) in [6.07, 6.45) is 5.13. The van der Waals surface area contributed by atoms with Crippen LogP contribution in [-0.2, 0) is 9.59 Å². The van der Waals surface area contributed by atoms with Crippen LogP contribution in [0.2, 0.25) is 5.15 Å². The fourth-order valence-electron chi connectivity index (χ4n) is 4.16. The Morgan fingerprint density at radius 1 is 1.26 bits per heavy atom. The van der Waals surface area contributed by atoms with Crippen molar-refractivity contribution in [1.82, 2.24) is 29.7 Å². The van der Waals surface area contributed by atoms with Crippen LogP contribution in [0.1, 0.15) is 31.9 Å². The molecule has 2 aromatic heterocycles. The lowest BCUT2D eigenvalue weighted by molar-refractivity contribution is -0.130. The molecule has 1 aliphatic rings. The highest BCUT2D eigenvalue weighted by atomic mass is 35.5. The van der Waals surface area contributed by atoms with Crippen molar-refractivity contribution in [2.45, 2.75) is 32.4 Å². The molecule has 1 aliphatic heterocycles. The summed E-state index contributed by atoms with van der Waals surface area (Å²) in [7, 11) is 1.61. The third-order valence-electron chi connectivity index (χ3n) is 6.02. The Balaban J connectivity index is 1.54. The number of anilines is 1. The van der Waals surface area contributed by atoms with Crippen LogP contribution in [0, 0.1) is 0 Å². The lowest BCUT2D eigenvalue weighted by Gasteiger charge is -2.41. The number of carbonyl (C=O) groups is 2. The van der Waals surface area contributed by atoms with Crippen molar-refractivity contribution >= 4 is 29.2 Å². The average molecular weight is 498 g/mol. The van der Waals surface area contributed by atoms with Crippen molar-refractivity contribution in [3.8, 4) is 11.7 Å². The highest BCUT2D eigenvalue weighted by molar-refractivity contribution is 6.29. The summed E-state index contributed by atoms with van der Waals surface area (Å²) < 4.78 is 6.95. The van der Waals surface area contributed by atoms with Gasteiger partial charge in [0.1, 0.15) is 23.0 Å². The van der Waals surface area contributed by atoms with Crippen molar-refractivity contribution in [2.24, 2.45) is 0 Å². The number of amides is 2. The van der Waals surface area contributed by atoms with Crippen LogP contribution in [0.25, 0.3) is 5.95 Å². The molecule has 0 radical (unpaired) electrons. The largest absolute Gasteiger partial charge is 0.497 e. The van der Waals surface area contributed by atoms with Crippen molar-refractivity contribution in [1.29, 1.82) is 0 Å². The van der Waals surface area contributed by atoms with Crippen LogP contribution in [-0.4, -0.2) is 69.0 Å². The van der Waals surface area contributed by atoms with Crippen molar-refractivity contribution in [2.75, 3.05) is 31.6 Å². The van der Waals surface area contributed by atoms with E-state index in [-0.39, 0.29) is 35.5 Å². The van der Waals surface area contributed by atoms with Gasteiger partial charge in [0, 0.05) is 51.4 Å². The third-order valence-corrected chi connectivity index (χ3v) is 6.21. The summed E-state index contributed by atoms with van der Waals surface area (Å²) in [5.41, 5.74) is 0.941. The summed E-state index contributed by atoms with van der Waals surface area (Å²) in [4.78, 5) is 41.9. The van der Waals surface area contributed by atoms with E-state index in [0.29, 0.717) is 31.4 Å². The molecule has 0 bridgehead atoms. The molecule has 0 spiro atoms. The summed E-state index contributed by atoms with van der Waals surface area (Å²) in [6, 6.07) is 8.77. The second kappa shape index (κ2) is 10.7. The van der Waals surface area contributed by atoms with Gasteiger partial charge in [-0.1, -0.05) is 23.7 Å². The zero-order chi connectivity index (χ0) is 24.9. The van der Waals surface area contributed by atoms with Crippen LogP contribution in [0.3, 0.4) is 0 Å². The highest BCUT2D eigenvalue weighted by Gasteiger charge is 2.32. The topological polar surface area (TPSA) is 105 Å². The predicted octanol–water partition coefficient (Wildman–Crippen LogP) is 2.63.